The number of carbonyl (C=O) groups is 3. The fraction of sp³-hybridized carbons (Fsp3) is 0.450. The molecule has 8 heteroatoms. The van der Waals surface area contributed by atoms with Crippen molar-refractivity contribution < 1.29 is 28.6 Å². The summed E-state index contributed by atoms with van der Waals surface area (Å²) in [6, 6.07) is 4.73. The van der Waals surface area contributed by atoms with E-state index in [1.54, 1.807) is 6.92 Å². The number of ether oxygens (including phenoxy) is 3. The number of rotatable bonds is 8. The Labute approximate surface area is 164 Å². The molecule has 0 unspecified atom stereocenters. The standard InChI is InChI=1S/C20H26N2O6/c1-5-14-18(19(24)26-6-2)15(22-20(25)21-14)10-28-17(23)11-27-16-9-12(3)7-8-13(16)4/h7-9,14H,5-6,10-11H2,1-4H3,(H2,21,22,25)/t14-/m1/s1. The van der Waals surface area contributed by atoms with E-state index in [-0.39, 0.29) is 31.1 Å². The van der Waals surface area contributed by atoms with Gasteiger partial charge in [0.05, 0.1) is 23.9 Å². The molecule has 0 saturated heterocycles. The van der Waals surface area contributed by atoms with Gasteiger partial charge in [0.25, 0.3) is 0 Å². The average molecular weight is 390 g/mol. The molecule has 0 bridgehead atoms. The van der Waals surface area contributed by atoms with E-state index in [1.165, 1.54) is 0 Å². The van der Waals surface area contributed by atoms with Gasteiger partial charge in [-0.25, -0.2) is 14.4 Å². The van der Waals surface area contributed by atoms with Crippen LogP contribution in [0.15, 0.2) is 29.5 Å². The molecule has 0 aliphatic carbocycles. The third kappa shape index (κ3) is 5.48. The first-order chi connectivity index (χ1) is 13.3. The van der Waals surface area contributed by atoms with Crippen molar-refractivity contribution in [2.45, 2.75) is 40.2 Å². The fourth-order valence-corrected chi connectivity index (χ4v) is 2.77. The minimum absolute atomic E-state index is 0.198. The Morgan fingerprint density at radius 3 is 2.57 bits per heavy atom. The first-order valence-electron chi connectivity index (χ1n) is 9.19. The van der Waals surface area contributed by atoms with E-state index in [4.69, 9.17) is 14.2 Å². The monoisotopic (exact) mass is 390 g/mol. The molecule has 0 radical (unpaired) electrons. The highest BCUT2D eigenvalue weighted by molar-refractivity contribution is 5.94. The number of nitrogens with one attached hydrogen (secondary N) is 2. The smallest absolute Gasteiger partial charge is 0.344 e. The second-order valence-corrected chi connectivity index (χ2v) is 6.39. The summed E-state index contributed by atoms with van der Waals surface area (Å²) in [5.41, 5.74) is 2.39. The summed E-state index contributed by atoms with van der Waals surface area (Å²) < 4.78 is 15.8. The summed E-state index contributed by atoms with van der Waals surface area (Å²) in [6.45, 7) is 6.99. The van der Waals surface area contributed by atoms with Gasteiger partial charge in [0.1, 0.15) is 12.4 Å². The van der Waals surface area contributed by atoms with Gasteiger partial charge >= 0.3 is 18.0 Å². The van der Waals surface area contributed by atoms with E-state index < -0.39 is 24.0 Å². The number of carbonyl (C=O) groups excluding carboxylic acids is 3. The van der Waals surface area contributed by atoms with Crippen LogP contribution in [0.4, 0.5) is 4.79 Å². The van der Waals surface area contributed by atoms with Crippen LogP contribution in [-0.4, -0.2) is 43.8 Å². The number of benzene rings is 1. The van der Waals surface area contributed by atoms with E-state index in [0.29, 0.717) is 12.2 Å². The van der Waals surface area contributed by atoms with Crippen molar-refractivity contribution in [1.29, 1.82) is 0 Å². The molecular weight excluding hydrogens is 364 g/mol. The highest BCUT2D eigenvalue weighted by Gasteiger charge is 2.32. The lowest BCUT2D eigenvalue weighted by atomic mass is 10.0. The molecule has 1 aliphatic heterocycles. The Kier molecular flexibility index (Phi) is 7.43. The molecule has 1 aromatic rings. The summed E-state index contributed by atoms with van der Waals surface area (Å²) >= 11 is 0. The van der Waals surface area contributed by atoms with Crippen LogP contribution in [0.3, 0.4) is 0 Å². The zero-order valence-corrected chi connectivity index (χ0v) is 16.6. The third-order valence-corrected chi connectivity index (χ3v) is 4.21. The van der Waals surface area contributed by atoms with Crippen LogP contribution in [0.1, 0.15) is 31.4 Å². The Morgan fingerprint density at radius 1 is 1.14 bits per heavy atom. The van der Waals surface area contributed by atoms with Gasteiger partial charge in [-0.05, 0) is 44.4 Å². The summed E-state index contributed by atoms with van der Waals surface area (Å²) in [5.74, 6) is -0.568. The maximum absolute atomic E-state index is 12.3. The summed E-state index contributed by atoms with van der Waals surface area (Å²) in [4.78, 5) is 36.2. The average Bonchev–Trinajstić information content (AvgIpc) is 2.66. The molecule has 2 N–H and O–H groups in total. The Morgan fingerprint density at radius 2 is 1.89 bits per heavy atom. The molecule has 0 spiro atoms. The minimum atomic E-state index is -0.613. The lowest BCUT2D eigenvalue weighted by Gasteiger charge is -2.28. The second kappa shape index (κ2) is 9.77. The van der Waals surface area contributed by atoms with Gasteiger partial charge in [-0.2, -0.15) is 0 Å². The van der Waals surface area contributed by atoms with Crippen LogP contribution in [0.2, 0.25) is 0 Å². The molecule has 0 aromatic heterocycles. The molecule has 1 atom stereocenters. The van der Waals surface area contributed by atoms with Crippen LogP contribution in [0, 0.1) is 13.8 Å². The Hall–Kier alpha value is -3.03. The predicted molar refractivity (Wildman–Crippen MR) is 102 cm³/mol. The van der Waals surface area contributed by atoms with Gasteiger partial charge < -0.3 is 24.8 Å². The first-order valence-corrected chi connectivity index (χ1v) is 9.19. The van der Waals surface area contributed by atoms with Gasteiger partial charge in [0.2, 0.25) is 0 Å². The van der Waals surface area contributed by atoms with E-state index in [9.17, 15) is 14.4 Å². The fourth-order valence-electron chi connectivity index (χ4n) is 2.77. The number of urea groups is 1. The van der Waals surface area contributed by atoms with Crippen molar-refractivity contribution in [3.63, 3.8) is 0 Å². The zero-order chi connectivity index (χ0) is 20.7. The van der Waals surface area contributed by atoms with Gasteiger partial charge in [-0.1, -0.05) is 19.1 Å². The largest absolute Gasteiger partial charge is 0.482 e. The Balaban J connectivity index is 2.04. The molecule has 28 heavy (non-hydrogen) atoms. The van der Waals surface area contributed by atoms with Gasteiger partial charge in [0.15, 0.2) is 6.61 Å². The molecule has 0 fully saturated rings. The van der Waals surface area contributed by atoms with Crippen LogP contribution < -0.4 is 15.4 Å². The number of hydrogen-bond donors (Lipinski definition) is 2. The SMILES string of the molecule is CCOC(=O)C1=C(COC(=O)COc2cc(C)ccc2C)NC(=O)N[C@@H]1CC. The number of esters is 2. The van der Waals surface area contributed by atoms with Gasteiger partial charge in [-0.15, -0.1) is 0 Å². The van der Waals surface area contributed by atoms with E-state index in [1.807, 2.05) is 39.0 Å². The normalized spacial score (nSPS) is 16.1. The molecule has 8 nitrogen and oxygen atoms in total. The maximum Gasteiger partial charge on any atom is 0.344 e. The highest BCUT2D eigenvalue weighted by Crippen LogP contribution is 2.20. The maximum atomic E-state index is 12.3. The van der Waals surface area contributed by atoms with E-state index in [2.05, 4.69) is 10.6 Å². The van der Waals surface area contributed by atoms with Crippen LogP contribution in [-0.2, 0) is 19.1 Å². The molecule has 1 aromatic carbocycles. The molecule has 152 valence electrons. The molecule has 2 rings (SSSR count). The summed E-state index contributed by atoms with van der Waals surface area (Å²) in [7, 11) is 0. The van der Waals surface area contributed by atoms with E-state index >= 15 is 0 Å². The molecule has 2 amide bonds. The van der Waals surface area contributed by atoms with Gasteiger partial charge in [-0.3, -0.25) is 0 Å². The van der Waals surface area contributed by atoms with Crippen molar-refractivity contribution in [2.75, 3.05) is 19.8 Å². The third-order valence-electron chi connectivity index (χ3n) is 4.21. The zero-order valence-electron chi connectivity index (χ0n) is 16.6. The van der Waals surface area contributed by atoms with Crippen molar-refractivity contribution >= 4 is 18.0 Å². The van der Waals surface area contributed by atoms with Crippen LogP contribution in [0.5, 0.6) is 5.75 Å². The predicted octanol–water partition coefficient (Wildman–Crippen LogP) is 2.13. The molecule has 1 heterocycles. The van der Waals surface area contributed by atoms with Gasteiger partial charge in [0, 0.05) is 0 Å². The number of amides is 2. The van der Waals surface area contributed by atoms with Crippen molar-refractivity contribution in [3.8, 4) is 5.75 Å². The van der Waals surface area contributed by atoms with Crippen LogP contribution in [0.25, 0.3) is 0 Å². The van der Waals surface area contributed by atoms with Crippen molar-refractivity contribution in [3.05, 3.63) is 40.6 Å². The molecule has 1 aliphatic rings. The van der Waals surface area contributed by atoms with Crippen molar-refractivity contribution in [1.82, 2.24) is 10.6 Å². The first kappa shape index (κ1) is 21.3. The minimum Gasteiger partial charge on any atom is -0.482 e. The number of aryl methyl sites for hydroxylation is 2. The van der Waals surface area contributed by atoms with Crippen molar-refractivity contribution in [2.24, 2.45) is 0 Å². The second-order valence-electron chi connectivity index (χ2n) is 6.39. The van der Waals surface area contributed by atoms with E-state index in [0.717, 1.165) is 11.1 Å². The highest BCUT2D eigenvalue weighted by atomic mass is 16.6. The molecular formula is C20H26N2O6. The quantitative estimate of drug-likeness (QED) is 0.659. The summed E-state index contributed by atoms with van der Waals surface area (Å²) in [5, 5.41) is 5.18. The molecule has 0 saturated carbocycles. The topological polar surface area (TPSA) is 103 Å². The Bertz CT molecular complexity index is 787. The van der Waals surface area contributed by atoms with Crippen LogP contribution >= 0.6 is 0 Å². The lowest BCUT2D eigenvalue weighted by Crippen LogP contribution is -2.51. The number of hydrogen-bond acceptors (Lipinski definition) is 6. The lowest BCUT2D eigenvalue weighted by molar-refractivity contribution is -0.145. The summed E-state index contributed by atoms with van der Waals surface area (Å²) in [6.07, 6.45) is 0.495.